The topological polar surface area (TPSA) is 88.1 Å². The van der Waals surface area contributed by atoms with E-state index in [0.717, 1.165) is 0 Å². The number of rotatable bonds is 4. The van der Waals surface area contributed by atoms with Gasteiger partial charge >= 0.3 is 17.9 Å². The fourth-order valence-electron chi connectivity index (χ4n) is 1.65. The zero-order chi connectivity index (χ0) is 13.7. The molecule has 0 bridgehead atoms. The minimum Gasteiger partial charge on any atom is -0.463 e. The first kappa shape index (κ1) is 14.4. The molecule has 1 rings (SSSR count). The van der Waals surface area contributed by atoms with Gasteiger partial charge in [0.25, 0.3) is 0 Å². The number of carbonyl (C=O) groups is 3. The highest BCUT2D eigenvalue weighted by Gasteiger charge is 2.42. The first-order valence-corrected chi connectivity index (χ1v) is 5.49. The van der Waals surface area contributed by atoms with E-state index in [1.165, 1.54) is 20.8 Å². The molecule has 1 saturated heterocycles. The summed E-state index contributed by atoms with van der Waals surface area (Å²) in [6, 6.07) is 0. The van der Waals surface area contributed by atoms with Crippen LogP contribution in [0.3, 0.4) is 0 Å². The molecule has 7 nitrogen and oxygen atoms in total. The summed E-state index contributed by atoms with van der Waals surface area (Å²) in [6.45, 7) is 3.81. The number of carbonyl (C=O) groups excluding carboxylic acids is 3. The van der Waals surface area contributed by atoms with E-state index in [0.29, 0.717) is 0 Å². The molecule has 1 aliphatic rings. The molecule has 1 heterocycles. The molecule has 0 aromatic carbocycles. The van der Waals surface area contributed by atoms with Gasteiger partial charge in [-0.1, -0.05) is 0 Å². The van der Waals surface area contributed by atoms with E-state index in [1.54, 1.807) is 0 Å². The Bertz CT molecular complexity index is 338. The highest BCUT2D eigenvalue weighted by Crippen LogP contribution is 2.21. The summed E-state index contributed by atoms with van der Waals surface area (Å²) in [7, 11) is 0. The van der Waals surface area contributed by atoms with E-state index in [4.69, 9.17) is 18.9 Å². The maximum atomic E-state index is 11.0. The molecule has 0 amide bonds. The SMILES string of the molecule is CC(=O)OC[C@H]1OC[C@@H](OC(C)=O)C1OC(C)=O. The Morgan fingerprint density at radius 2 is 1.67 bits per heavy atom. The van der Waals surface area contributed by atoms with Crippen LogP contribution in [0.5, 0.6) is 0 Å². The van der Waals surface area contributed by atoms with Crippen molar-refractivity contribution in [2.75, 3.05) is 13.2 Å². The first-order chi connectivity index (χ1) is 8.40. The summed E-state index contributed by atoms with van der Waals surface area (Å²) in [5.41, 5.74) is 0. The third kappa shape index (κ3) is 4.33. The van der Waals surface area contributed by atoms with Crippen molar-refractivity contribution in [3.8, 4) is 0 Å². The second-order valence-corrected chi connectivity index (χ2v) is 3.90. The molecule has 0 spiro atoms. The van der Waals surface area contributed by atoms with Crippen LogP contribution in [0.15, 0.2) is 0 Å². The summed E-state index contributed by atoms with van der Waals surface area (Å²) in [5, 5.41) is 0. The molecule has 3 atom stereocenters. The summed E-state index contributed by atoms with van der Waals surface area (Å²) in [4.78, 5) is 32.6. The van der Waals surface area contributed by atoms with Crippen molar-refractivity contribution in [2.24, 2.45) is 0 Å². The fraction of sp³-hybridized carbons (Fsp3) is 0.727. The number of esters is 3. The molecule has 1 fully saturated rings. The lowest BCUT2D eigenvalue weighted by molar-refractivity contribution is -0.165. The standard InChI is InChI=1S/C11H16O7/c1-6(12)15-4-9-11(18-8(3)14)10(5-16-9)17-7(2)13/h9-11H,4-5H2,1-3H3/t9-,10-,11?/m1/s1. The highest BCUT2D eigenvalue weighted by atomic mass is 16.6. The van der Waals surface area contributed by atoms with E-state index in [9.17, 15) is 14.4 Å². The number of hydrogen-bond acceptors (Lipinski definition) is 7. The average Bonchev–Trinajstić information content (AvgIpc) is 2.57. The van der Waals surface area contributed by atoms with Crippen LogP contribution < -0.4 is 0 Å². The van der Waals surface area contributed by atoms with Crippen LogP contribution in [0.1, 0.15) is 20.8 Å². The molecular weight excluding hydrogens is 244 g/mol. The van der Waals surface area contributed by atoms with E-state index in [1.807, 2.05) is 0 Å². The van der Waals surface area contributed by atoms with E-state index in [-0.39, 0.29) is 13.2 Å². The molecule has 0 aromatic rings. The molecule has 0 radical (unpaired) electrons. The van der Waals surface area contributed by atoms with Crippen molar-refractivity contribution < 1.29 is 33.3 Å². The quantitative estimate of drug-likeness (QED) is 0.511. The van der Waals surface area contributed by atoms with Crippen molar-refractivity contribution in [2.45, 2.75) is 39.1 Å². The lowest BCUT2D eigenvalue weighted by atomic mass is 10.1. The molecule has 7 heteroatoms. The van der Waals surface area contributed by atoms with Gasteiger partial charge in [0.2, 0.25) is 0 Å². The molecular formula is C11H16O7. The molecule has 0 N–H and O–H groups in total. The van der Waals surface area contributed by atoms with Gasteiger partial charge in [-0.3, -0.25) is 14.4 Å². The Morgan fingerprint density at radius 3 is 2.17 bits per heavy atom. The van der Waals surface area contributed by atoms with Gasteiger partial charge in [0.05, 0.1) is 6.61 Å². The molecule has 1 unspecified atom stereocenters. The summed E-state index contributed by atoms with van der Waals surface area (Å²) < 4.78 is 20.1. The maximum absolute atomic E-state index is 11.0. The number of ether oxygens (including phenoxy) is 4. The molecule has 1 aliphatic heterocycles. The Balaban J connectivity index is 2.63. The summed E-state index contributed by atoms with van der Waals surface area (Å²) in [5.74, 6) is -1.47. The van der Waals surface area contributed by atoms with Crippen LogP contribution in [0.2, 0.25) is 0 Å². The zero-order valence-electron chi connectivity index (χ0n) is 10.5. The van der Waals surface area contributed by atoms with Crippen molar-refractivity contribution in [1.82, 2.24) is 0 Å². The van der Waals surface area contributed by atoms with Gasteiger partial charge in [0.15, 0.2) is 12.2 Å². The summed E-state index contributed by atoms with van der Waals surface area (Å²) >= 11 is 0. The van der Waals surface area contributed by atoms with Crippen molar-refractivity contribution >= 4 is 17.9 Å². The predicted octanol–water partition coefficient (Wildman–Crippen LogP) is -0.188. The maximum Gasteiger partial charge on any atom is 0.303 e. The van der Waals surface area contributed by atoms with Gasteiger partial charge in [0, 0.05) is 20.8 Å². The predicted molar refractivity (Wildman–Crippen MR) is 57.5 cm³/mol. The van der Waals surface area contributed by atoms with Crippen LogP contribution in [-0.4, -0.2) is 49.4 Å². The second-order valence-electron chi connectivity index (χ2n) is 3.90. The molecule has 0 aromatic heterocycles. The minimum absolute atomic E-state index is 0.0506. The van der Waals surface area contributed by atoms with Crippen LogP contribution in [0.4, 0.5) is 0 Å². The largest absolute Gasteiger partial charge is 0.463 e. The van der Waals surface area contributed by atoms with Gasteiger partial charge in [-0.2, -0.15) is 0 Å². The van der Waals surface area contributed by atoms with Crippen LogP contribution in [0.25, 0.3) is 0 Å². The van der Waals surface area contributed by atoms with Crippen molar-refractivity contribution in [3.05, 3.63) is 0 Å². The highest BCUT2D eigenvalue weighted by molar-refractivity contribution is 5.67. The lowest BCUT2D eigenvalue weighted by Crippen LogP contribution is -2.39. The Hall–Kier alpha value is -1.63. The Labute approximate surface area is 104 Å². The molecule has 0 aliphatic carbocycles. The normalized spacial score (nSPS) is 26.5. The van der Waals surface area contributed by atoms with E-state index < -0.39 is 36.2 Å². The molecule has 18 heavy (non-hydrogen) atoms. The smallest absolute Gasteiger partial charge is 0.303 e. The van der Waals surface area contributed by atoms with Gasteiger partial charge in [0.1, 0.15) is 12.7 Å². The van der Waals surface area contributed by atoms with E-state index in [2.05, 4.69) is 0 Å². The van der Waals surface area contributed by atoms with E-state index >= 15 is 0 Å². The van der Waals surface area contributed by atoms with Crippen molar-refractivity contribution in [1.29, 1.82) is 0 Å². The average molecular weight is 260 g/mol. The van der Waals surface area contributed by atoms with Crippen LogP contribution >= 0.6 is 0 Å². The van der Waals surface area contributed by atoms with Gasteiger partial charge in [-0.15, -0.1) is 0 Å². The third-order valence-electron chi connectivity index (χ3n) is 2.28. The van der Waals surface area contributed by atoms with Gasteiger partial charge < -0.3 is 18.9 Å². The first-order valence-electron chi connectivity index (χ1n) is 5.49. The lowest BCUT2D eigenvalue weighted by Gasteiger charge is -2.21. The van der Waals surface area contributed by atoms with Gasteiger partial charge in [-0.05, 0) is 0 Å². The van der Waals surface area contributed by atoms with Gasteiger partial charge in [-0.25, -0.2) is 0 Å². The summed E-state index contributed by atoms with van der Waals surface area (Å²) in [6.07, 6.45) is -2.06. The van der Waals surface area contributed by atoms with Crippen LogP contribution in [-0.2, 0) is 33.3 Å². The zero-order valence-corrected chi connectivity index (χ0v) is 10.5. The third-order valence-corrected chi connectivity index (χ3v) is 2.28. The minimum atomic E-state index is -0.759. The molecule has 102 valence electrons. The fourth-order valence-corrected chi connectivity index (χ4v) is 1.65. The Morgan fingerprint density at radius 1 is 1.06 bits per heavy atom. The Kier molecular flexibility index (Phi) is 5.08. The monoisotopic (exact) mass is 260 g/mol. The number of hydrogen-bond donors (Lipinski definition) is 0. The molecule has 0 saturated carbocycles. The van der Waals surface area contributed by atoms with Crippen molar-refractivity contribution in [3.63, 3.8) is 0 Å². The van der Waals surface area contributed by atoms with Crippen LogP contribution in [0, 0.1) is 0 Å². The second kappa shape index (κ2) is 6.34.